The summed E-state index contributed by atoms with van der Waals surface area (Å²) in [4.78, 5) is 12.5. The molecule has 0 aliphatic carbocycles. The largest absolute Gasteiger partial charge is 0.465 e. The van der Waals surface area contributed by atoms with Gasteiger partial charge in [0.05, 0.1) is 12.8 Å². The summed E-state index contributed by atoms with van der Waals surface area (Å²) in [6.45, 7) is 0.808. The van der Waals surface area contributed by atoms with Gasteiger partial charge < -0.3 is 15.4 Å². The molecule has 22 heavy (non-hydrogen) atoms. The van der Waals surface area contributed by atoms with E-state index in [0.29, 0.717) is 9.99 Å². The highest BCUT2D eigenvalue weighted by atomic mass is 32.2. The molecule has 2 N–H and O–H groups in total. The van der Waals surface area contributed by atoms with Crippen molar-refractivity contribution in [3.8, 4) is 0 Å². The van der Waals surface area contributed by atoms with Gasteiger partial charge in [-0.05, 0) is 36.7 Å². The van der Waals surface area contributed by atoms with E-state index in [-0.39, 0.29) is 5.97 Å². The summed E-state index contributed by atoms with van der Waals surface area (Å²) in [6, 6.07) is 7.84. The lowest BCUT2D eigenvalue weighted by Gasteiger charge is -2.11. The highest BCUT2D eigenvalue weighted by Gasteiger charge is 2.19. The van der Waals surface area contributed by atoms with Gasteiger partial charge in [0.15, 0.2) is 5.11 Å². The van der Waals surface area contributed by atoms with Gasteiger partial charge >= 0.3 is 5.97 Å². The maximum atomic E-state index is 12.0. The normalized spacial score (nSPS) is 10.5. The number of nitrogens with one attached hydrogen (secondary N) is 2. The second-order valence-corrected chi connectivity index (χ2v) is 6.97. The zero-order valence-corrected chi connectivity index (χ0v) is 14.9. The molecule has 0 saturated heterocycles. The molecule has 0 aliphatic rings. The van der Waals surface area contributed by atoms with E-state index in [1.807, 2.05) is 24.3 Å². The lowest BCUT2D eigenvalue weighted by Crippen LogP contribution is -2.30. The topological polar surface area (TPSA) is 50.4 Å². The fourth-order valence-electron chi connectivity index (χ4n) is 1.98. The van der Waals surface area contributed by atoms with Crippen molar-refractivity contribution in [3.63, 3.8) is 0 Å². The predicted octanol–water partition coefficient (Wildman–Crippen LogP) is 3.73. The first-order chi connectivity index (χ1) is 10.7. The van der Waals surface area contributed by atoms with Crippen LogP contribution in [-0.4, -0.2) is 36.7 Å². The number of fused-ring (bicyclic) bond motifs is 1. The van der Waals surface area contributed by atoms with Crippen LogP contribution in [0.15, 0.2) is 24.3 Å². The molecule has 0 amide bonds. The number of carbonyl (C=O) groups is 1. The van der Waals surface area contributed by atoms with E-state index >= 15 is 0 Å². The Hall–Kier alpha value is -1.31. The SMILES string of the molecule is COC(=O)c1sc2ccccc2c1NC(=S)NCCCSC. The number of hydrogen-bond acceptors (Lipinski definition) is 5. The first-order valence-electron chi connectivity index (χ1n) is 6.81. The molecule has 1 heterocycles. The average Bonchev–Trinajstić information content (AvgIpc) is 2.89. The van der Waals surface area contributed by atoms with Crippen LogP contribution in [-0.2, 0) is 4.74 Å². The predicted molar refractivity (Wildman–Crippen MR) is 100 cm³/mol. The highest BCUT2D eigenvalue weighted by molar-refractivity contribution is 7.98. The number of anilines is 1. The molecule has 118 valence electrons. The number of benzene rings is 1. The van der Waals surface area contributed by atoms with Gasteiger partial charge in [-0.15, -0.1) is 11.3 Å². The number of rotatable bonds is 6. The third-order valence-corrected chi connectivity index (χ3v) is 5.11. The molecule has 0 bridgehead atoms. The molecule has 4 nitrogen and oxygen atoms in total. The van der Waals surface area contributed by atoms with Crippen LogP contribution in [0.5, 0.6) is 0 Å². The Morgan fingerprint density at radius 1 is 1.41 bits per heavy atom. The molecule has 0 spiro atoms. The smallest absolute Gasteiger partial charge is 0.350 e. The fraction of sp³-hybridized carbons (Fsp3) is 0.333. The van der Waals surface area contributed by atoms with Gasteiger partial charge in [0.2, 0.25) is 0 Å². The number of ether oxygens (including phenoxy) is 1. The minimum absolute atomic E-state index is 0.353. The second-order valence-electron chi connectivity index (χ2n) is 4.52. The van der Waals surface area contributed by atoms with E-state index in [1.54, 1.807) is 11.8 Å². The van der Waals surface area contributed by atoms with Crippen molar-refractivity contribution in [3.05, 3.63) is 29.1 Å². The number of esters is 1. The van der Waals surface area contributed by atoms with E-state index < -0.39 is 0 Å². The molecule has 0 fully saturated rings. The Morgan fingerprint density at radius 3 is 2.91 bits per heavy atom. The summed E-state index contributed by atoms with van der Waals surface area (Å²) in [5, 5.41) is 7.81. The van der Waals surface area contributed by atoms with Gasteiger partial charge in [0.25, 0.3) is 0 Å². The molecule has 1 aromatic carbocycles. The van der Waals surface area contributed by atoms with Crippen molar-refractivity contribution < 1.29 is 9.53 Å². The molecule has 0 atom stereocenters. The van der Waals surface area contributed by atoms with Crippen molar-refractivity contribution in [1.82, 2.24) is 5.32 Å². The summed E-state index contributed by atoms with van der Waals surface area (Å²) in [7, 11) is 1.38. The van der Waals surface area contributed by atoms with E-state index in [9.17, 15) is 4.79 Å². The summed E-state index contributed by atoms with van der Waals surface area (Å²) >= 11 is 8.53. The molecule has 7 heteroatoms. The third kappa shape index (κ3) is 4.12. The number of thiocarbonyl (C=S) groups is 1. The third-order valence-electron chi connectivity index (χ3n) is 3.02. The van der Waals surface area contributed by atoms with Crippen molar-refractivity contribution in [1.29, 1.82) is 0 Å². The van der Waals surface area contributed by atoms with Crippen LogP contribution < -0.4 is 10.6 Å². The minimum atomic E-state index is -0.353. The van der Waals surface area contributed by atoms with Crippen LogP contribution in [0.3, 0.4) is 0 Å². The van der Waals surface area contributed by atoms with E-state index in [1.165, 1.54) is 18.4 Å². The number of hydrogen-bond donors (Lipinski definition) is 2. The summed E-state index contributed by atoms with van der Waals surface area (Å²) in [6.07, 6.45) is 3.12. The average molecular weight is 355 g/mol. The van der Waals surface area contributed by atoms with Gasteiger partial charge in [-0.3, -0.25) is 0 Å². The Balaban J connectivity index is 2.18. The Morgan fingerprint density at radius 2 is 2.18 bits per heavy atom. The first-order valence-corrected chi connectivity index (χ1v) is 9.43. The van der Waals surface area contributed by atoms with Gasteiger partial charge in [0, 0.05) is 16.6 Å². The molecule has 0 saturated carbocycles. The van der Waals surface area contributed by atoms with E-state index in [0.717, 1.165) is 34.5 Å². The maximum Gasteiger partial charge on any atom is 0.350 e. The van der Waals surface area contributed by atoms with Gasteiger partial charge in [-0.25, -0.2) is 4.79 Å². The Labute approximate surface area is 143 Å². The zero-order valence-electron chi connectivity index (χ0n) is 12.5. The second kappa shape index (κ2) is 8.36. The Kier molecular flexibility index (Phi) is 6.48. The van der Waals surface area contributed by atoms with Crippen LogP contribution in [0.25, 0.3) is 10.1 Å². The van der Waals surface area contributed by atoms with Crippen LogP contribution >= 0.6 is 35.3 Å². The zero-order chi connectivity index (χ0) is 15.9. The molecule has 1 aromatic heterocycles. The molecule has 0 radical (unpaired) electrons. The van der Waals surface area contributed by atoms with E-state index in [2.05, 4.69) is 16.9 Å². The van der Waals surface area contributed by atoms with Gasteiger partial charge in [0.1, 0.15) is 4.88 Å². The van der Waals surface area contributed by atoms with Crippen LogP contribution in [0.4, 0.5) is 5.69 Å². The molecule has 0 unspecified atom stereocenters. The van der Waals surface area contributed by atoms with Gasteiger partial charge in [-0.2, -0.15) is 11.8 Å². The number of thiophene rings is 1. The van der Waals surface area contributed by atoms with Crippen LogP contribution in [0.1, 0.15) is 16.1 Å². The number of methoxy groups -OCH3 is 1. The first kappa shape index (κ1) is 17.1. The standard InChI is InChI=1S/C15H18N2O2S3/c1-19-14(18)13-12(10-6-3-4-7-11(10)22-13)17-15(20)16-8-5-9-21-2/h3-4,6-7H,5,8-9H2,1-2H3,(H2,16,17,20). The van der Waals surface area contributed by atoms with Gasteiger partial charge in [-0.1, -0.05) is 18.2 Å². The minimum Gasteiger partial charge on any atom is -0.465 e. The monoisotopic (exact) mass is 354 g/mol. The van der Waals surface area contributed by atoms with E-state index in [4.69, 9.17) is 17.0 Å². The number of thioether (sulfide) groups is 1. The molecule has 0 aliphatic heterocycles. The van der Waals surface area contributed by atoms with Crippen molar-refractivity contribution in [2.24, 2.45) is 0 Å². The molecular weight excluding hydrogens is 336 g/mol. The lowest BCUT2D eigenvalue weighted by molar-refractivity contribution is 0.0607. The summed E-state index contributed by atoms with van der Waals surface area (Å²) < 4.78 is 5.89. The highest BCUT2D eigenvalue weighted by Crippen LogP contribution is 2.36. The summed E-state index contributed by atoms with van der Waals surface area (Å²) in [5.41, 5.74) is 0.717. The lowest BCUT2D eigenvalue weighted by atomic mass is 10.2. The van der Waals surface area contributed by atoms with Crippen LogP contribution in [0, 0.1) is 0 Å². The molecular formula is C15H18N2O2S3. The van der Waals surface area contributed by atoms with Crippen LogP contribution in [0.2, 0.25) is 0 Å². The van der Waals surface area contributed by atoms with Crippen molar-refractivity contribution >= 4 is 62.2 Å². The van der Waals surface area contributed by atoms with Crippen molar-refractivity contribution in [2.45, 2.75) is 6.42 Å². The maximum absolute atomic E-state index is 12.0. The Bertz CT molecular complexity index is 670. The van der Waals surface area contributed by atoms with Crippen molar-refractivity contribution in [2.75, 3.05) is 31.0 Å². The number of carbonyl (C=O) groups excluding carboxylic acids is 1. The molecule has 2 rings (SSSR count). The quantitative estimate of drug-likeness (QED) is 0.468. The fourth-order valence-corrected chi connectivity index (χ4v) is 3.70. The molecule has 2 aromatic rings. The summed E-state index contributed by atoms with van der Waals surface area (Å²) in [5.74, 6) is 0.735.